The maximum atomic E-state index is 5.53. The van der Waals surface area contributed by atoms with Gasteiger partial charge >= 0.3 is 0 Å². The molecule has 13 heavy (non-hydrogen) atoms. The van der Waals surface area contributed by atoms with Crippen LogP contribution in [0.1, 0.15) is 19.1 Å². The summed E-state index contributed by atoms with van der Waals surface area (Å²) < 4.78 is 16.3. The first-order valence-electron chi connectivity index (χ1n) is 4.31. The molecule has 0 bridgehead atoms. The van der Waals surface area contributed by atoms with E-state index in [2.05, 4.69) is 6.58 Å². The van der Waals surface area contributed by atoms with Crippen LogP contribution in [0.15, 0.2) is 35.2 Å². The predicted molar refractivity (Wildman–Crippen MR) is 46.9 cm³/mol. The van der Waals surface area contributed by atoms with E-state index in [9.17, 15) is 0 Å². The van der Waals surface area contributed by atoms with Crippen molar-refractivity contribution in [2.45, 2.75) is 19.1 Å². The summed E-state index contributed by atoms with van der Waals surface area (Å²) in [4.78, 5) is 0. The van der Waals surface area contributed by atoms with Gasteiger partial charge in [0, 0.05) is 6.42 Å². The van der Waals surface area contributed by atoms with Gasteiger partial charge in [0.25, 0.3) is 5.79 Å². The summed E-state index contributed by atoms with van der Waals surface area (Å²) in [5.74, 6) is 0.618. The molecular weight excluding hydrogens is 168 g/mol. The van der Waals surface area contributed by atoms with Crippen molar-refractivity contribution in [3.63, 3.8) is 0 Å². The Balaban J connectivity index is 2.31. The zero-order valence-electron chi connectivity index (χ0n) is 7.58. The van der Waals surface area contributed by atoms with Crippen LogP contribution in [0.2, 0.25) is 0 Å². The molecule has 1 aliphatic heterocycles. The molecule has 3 nitrogen and oxygen atoms in total. The molecule has 1 atom stereocenters. The molecule has 2 rings (SSSR count). The normalized spacial score (nSPS) is 27.6. The van der Waals surface area contributed by atoms with Crippen molar-refractivity contribution in [2.24, 2.45) is 0 Å². The van der Waals surface area contributed by atoms with E-state index in [-0.39, 0.29) is 0 Å². The van der Waals surface area contributed by atoms with Gasteiger partial charge in [-0.05, 0) is 12.1 Å². The van der Waals surface area contributed by atoms with Gasteiger partial charge in [0.05, 0.1) is 6.26 Å². The highest BCUT2D eigenvalue weighted by atomic mass is 16.7. The lowest BCUT2D eigenvalue weighted by Crippen LogP contribution is -2.24. The average molecular weight is 180 g/mol. The fraction of sp³-hybridized carbons (Fsp3) is 0.400. The molecule has 1 saturated heterocycles. The molecule has 1 aromatic rings. The van der Waals surface area contributed by atoms with E-state index in [1.54, 1.807) is 6.26 Å². The zero-order chi connectivity index (χ0) is 9.31. The van der Waals surface area contributed by atoms with Crippen LogP contribution >= 0.6 is 0 Å². The molecule has 1 aliphatic rings. The minimum Gasteiger partial charge on any atom is -0.462 e. The lowest BCUT2D eigenvalue weighted by molar-refractivity contribution is -0.171. The third-order valence-corrected chi connectivity index (χ3v) is 2.14. The highest BCUT2D eigenvalue weighted by Crippen LogP contribution is 2.38. The second-order valence-electron chi connectivity index (χ2n) is 3.01. The van der Waals surface area contributed by atoms with Gasteiger partial charge < -0.3 is 13.9 Å². The maximum absolute atomic E-state index is 5.53. The Bertz CT molecular complexity index is 302. The summed E-state index contributed by atoms with van der Waals surface area (Å²) >= 11 is 0. The second kappa shape index (κ2) is 2.92. The van der Waals surface area contributed by atoms with E-state index in [0.29, 0.717) is 24.5 Å². The summed E-state index contributed by atoms with van der Waals surface area (Å²) in [5, 5.41) is 0. The third-order valence-electron chi connectivity index (χ3n) is 2.14. The van der Waals surface area contributed by atoms with Gasteiger partial charge in [0.15, 0.2) is 5.76 Å². The molecule has 0 radical (unpaired) electrons. The van der Waals surface area contributed by atoms with Crippen LogP contribution in [-0.4, -0.2) is 6.61 Å². The van der Waals surface area contributed by atoms with Gasteiger partial charge in [0.1, 0.15) is 12.4 Å². The first-order valence-corrected chi connectivity index (χ1v) is 4.31. The van der Waals surface area contributed by atoms with Gasteiger partial charge in [-0.1, -0.05) is 13.5 Å². The summed E-state index contributed by atoms with van der Waals surface area (Å²) in [5.41, 5.74) is 0. The van der Waals surface area contributed by atoms with Crippen LogP contribution in [0.4, 0.5) is 0 Å². The molecule has 70 valence electrons. The third kappa shape index (κ3) is 1.25. The molecule has 2 heterocycles. The number of hydrogen-bond donors (Lipinski definition) is 0. The smallest absolute Gasteiger partial charge is 0.269 e. The Morgan fingerprint density at radius 1 is 1.62 bits per heavy atom. The van der Waals surface area contributed by atoms with Gasteiger partial charge in [-0.15, -0.1) is 0 Å². The first-order chi connectivity index (χ1) is 6.27. The van der Waals surface area contributed by atoms with Crippen molar-refractivity contribution in [2.75, 3.05) is 6.61 Å². The Hall–Kier alpha value is -1.22. The summed E-state index contributed by atoms with van der Waals surface area (Å²) in [6.45, 7) is 6.14. The zero-order valence-corrected chi connectivity index (χ0v) is 7.58. The fourth-order valence-electron chi connectivity index (χ4n) is 1.45. The van der Waals surface area contributed by atoms with Crippen molar-refractivity contribution in [1.82, 2.24) is 0 Å². The Morgan fingerprint density at radius 3 is 2.92 bits per heavy atom. The Labute approximate surface area is 76.9 Å². The van der Waals surface area contributed by atoms with Crippen molar-refractivity contribution < 1.29 is 13.9 Å². The van der Waals surface area contributed by atoms with Crippen LogP contribution in [0, 0.1) is 0 Å². The molecule has 1 unspecified atom stereocenters. The highest BCUT2D eigenvalue weighted by molar-refractivity contribution is 5.10. The molecule has 3 heteroatoms. The molecule has 0 spiro atoms. The predicted octanol–water partition coefficient (Wildman–Crippen LogP) is 2.40. The van der Waals surface area contributed by atoms with Crippen molar-refractivity contribution >= 4 is 0 Å². The summed E-state index contributed by atoms with van der Waals surface area (Å²) in [7, 11) is 0. The lowest BCUT2D eigenvalue weighted by Gasteiger charge is -2.22. The van der Waals surface area contributed by atoms with Crippen LogP contribution in [0.5, 0.6) is 0 Å². The number of ether oxygens (including phenoxy) is 2. The molecule has 0 aliphatic carbocycles. The van der Waals surface area contributed by atoms with E-state index in [1.807, 2.05) is 19.1 Å². The van der Waals surface area contributed by atoms with E-state index in [4.69, 9.17) is 13.9 Å². The average Bonchev–Trinajstić information content (AvgIpc) is 2.73. The second-order valence-corrected chi connectivity index (χ2v) is 3.01. The quantitative estimate of drug-likeness (QED) is 0.700. The topological polar surface area (TPSA) is 31.6 Å². The first kappa shape index (κ1) is 8.38. The largest absolute Gasteiger partial charge is 0.462 e. The van der Waals surface area contributed by atoms with Crippen LogP contribution < -0.4 is 0 Å². The molecule has 0 N–H and O–H groups in total. The van der Waals surface area contributed by atoms with Crippen molar-refractivity contribution in [1.29, 1.82) is 0 Å². The SMILES string of the molecule is C=C1COC(CC)(c2ccco2)O1. The maximum Gasteiger partial charge on any atom is 0.269 e. The van der Waals surface area contributed by atoms with Crippen molar-refractivity contribution in [3.8, 4) is 0 Å². The van der Waals surface area contributed by atoms with Gasteiger partial charge in [0.2, 0.25) is 0 Å². The van der Waals surface area contributed by atoms with Crippen molar-refractivity contribution in [3.05, 3.63) is 36.5 Å². The van der Waals surface area contributed by atoms with E-state index in [0.717, 1.165) is 0 Å². The van der Waals surface area contributed by atoms with Crippen LogP contribution in [-0.2, 0) is 15.3 Å². The molecule has 1 fully saturated rings. The highest BCUT2D eigenvalue weighted by Gasteiger charge is 2.41. The number of hydrogen-bond acceptors (Lipinski definition) is 3. The van der Waals surface area contributed by atoms with Gasteiger partial charge in [-0.3, -0.25) is 0 Å². The number of furan rings is 1. The Kier molecular flexibility index (Phi) is 1.88. The minimum absolute atomic E-state index is 0.439. The van der Waals surface area contributed by atoms with Gasteiger partial charge in [-0.2, -0.15) is 0 Å². The fourth-order valence-corrected chi connectivity index (χ4v) is 1.45. The Morgan fingerprint density at radius 2 is 2.46 bits per heavy atom. The lowest BCUT2D eigenvalue weighted by atomic mass is 10.1. The minimum atomic E-state index is -0.736. The monoisotopic (exact) mass is 180 g/mol. The van der Waals surface area contributed by atoms with Gasteiger partial charge in [-0.25, -0.2) is 0 Å². The summed E-state index contributed by atoms with van der Waals surface area (Å²) in [6, 6.07) is 3.67. The van der Waals surface area contributed by atoms with Crippen LogP contribution in [0.25, 0.3) is 0 Å². The molecule has 1 aromatic heterocycles. The molecule has 0 saturated carbocycles. The molecule has 0 aromatic carbocycles. The molecule has 0 amide bonds. The standard InChI is InChI=1S/C10H12O3/c1-3-10(9-5-4-6-11-9)12-7-8(2)13-10/h4-6H,2-3,7H2,1H3. The van der Waals surface area contributed by atoms with E-state index >= 15 is 0 Å². The number of rotatable bonds is 2. The summed E-state index contributed by atoms with van der Waals surface area (Å²) in [6.07, 6.45) is 2.32. The van der Waals surface area contributed by atoms with Crippen LogP contribution in [0.3, 0.4) is 0 Å². The molecular formula is C10H12O3. The van der Waals surface area contributed by atoms with E-state index < -0.39 is 5.79 Å². The van der Waals surface area contributed by atoms with E-state index in [1.165, 1.54) is 0 Å².